The van der Waals surface area contributed by atoms with Gasteiger partial charge in [0.1, 0.15) is 12.1 Å². The Morgan fingerprint density at radius 2 is 1.42 bits per heavy atom. The summed E-state index contributed by atoms with van der Waals surface area (Å²) in [5.74, 6) is 0.767. The molecule has 0 aliphatic carbocycles. The highest BCUT2D eigenvalue weighted by atomic mass is 16.5. The lowest BCUT2D eigenvalue weighted by Crippen LogP contribution is -2.15. The van der Waals surface area contributed by atoms with Crippen LogP contribution in [0.3, 0.4) is 0 Å². The van der Waals surface area contributed by atoms with E-state index in [1.807, 2.05) is 81.9 Å². The zero-order valence-electron chi connectivity index (χ0n) is 27.3. The molecule has 2 aromatic rings. The van der Waals surface area contributed by atoms with Crippen LogP contribution >= 0.6 is 0 Å². The highest BCUT2D eigenvalue weighted by molar-refractivity contribution is 5.73. The quantitative estimate of drug-likeness (QED) is 0.285. The van der Waals surface area contributed by atoms with Crippen molar-refractivity contribution in [2.45, 2.75) is 101 Å². The molecule has 0 saturated heterocycles. The average Bonchev–Trinajstić information content (AvgIpc) is 2.91. The number of benzene rings is 1. The number of aryl methyl sites for hydroxylation is 2. The standard InChI is InChI=1S/C18H24N4O.C5H12O.C3H8.2C2H6.C2H4/c1-5-14-8-17(16-10-20-13(2)21-11-16)15(12-22(3)4)9-18(14)19-6-7-23;1-5(2,3)6-4;1-3-2;3*1-2/h7-11,19H,5-6,12H2,1-4H3;1-4H3;3H2,1-2H3;2*1-2H3;1-2H2. The first-order chi connectivity index (χ1) is 18.0. The predicted molar refractivity (Wildman–Crippen MR) is 170 cm³/mol. The molecule has 0 fully saturated rings. The van der Waals surface area contributed by atoms with E-state index in [0.717, 1.165) is 41.9 Å². The number of carbonyl (C=O) groups excluding carboxylic acids is 1. The van der Waals surface area contributed by atoms with E-state index in [2.05, 4.69) is 66.2 Å². The Balaban J connectivity index is -0.000000322. The minimum Gasteiger partial charge on any atom is -0.379 e. The number of nitrogens with one attached hydrogen (secondary N) is 1. The molecule has 1 aromatic carbocycles. The number of anilines is 1. The summed E-state index contributed by atoms with van der Waals surface area (Å²) in [5.41, 5.74) is 5.60. The molecule has 0 bridgehead atoms. The first kappa shape index (κ1) is 42.5. The number of ether oxygens (including phenoxy) is 1. The second-order valence-corrected chi connectivity index (χ2v) is 8.85. The van der Waals surface area contributed by atoms with Crippen LogP contribution in [0, 0.1) is 6.92 Å². The fourth-order valence-corrected chi connectivity index (χ4v) is 2.57. The van der Waals surface area contributed by atoms with Gasteiger partial charge in [0.15, 0.2) is 0 Å². The van der Waals surface area contributed by atoms with Gasteiger partial charge in [-0.25, -0.2) is 9.97 Å². The van der Waals surface area contributed by atoms with Gasteiger partial charge in [0.05, 0.1) is 12.1 Å². The van der Waals surface area contributed by atoms with Gasteiger partial charge in [-0.05, 0) is 77.0 Å². The number of rotatable bonds is 7. The summed E-state index contributed by atoms with van der Waals surface area (Å²) in [5, 5.41) is 3.20. The van der Waals surface area contributed by atoms with E-state index in [1.54, 1.807) is 7.11 Å². The molecule has 0 radical (unpaired) electrons. The summed E-state index contributed by atoms with van der Waals surface area (Å²) in [6.45, 7) is 29.4. The monoisotopic (exact) mass is 532 g/mol. The number of carbonyl (C=O) groups is 1. The Hall–Kier alpha value is -2.57. The lowest BCUT2D eigenvalue weighted by atomic mass is 9.96. The van der Waals surface area contributed by atoms with Crippen molar-refractivity contribution in [3.8, 4) is 11.1 Å². The Morgan fingerprint density at radius 1 is 0.974 bits per heavy atom. The second-order valence-electron chi connectivity index (χ2n) is 8.85. The van der Waals surface area contributed by atoms with Crippen LogP contribution in [0.5, 0.6) is 0 Å². The van der Waals surface area contributed by atoms with Crippen molar-refractivity contribution in [3.63, 3.8) is 0 Å². The van der Waals surface area contributed by atoms with Gasteiger partial charge < -0.3 is 19.7 Å². The zero-order chi connectivity index (χ0) is 30.7. The third kappa shape index (κ3) is 21.5. The van der Waals surface area contributed by atoms with E-state index in [0.29, 0.717) is 6.54 Å². The molecule has 2 rings (SSSR count). The number of nitrogens with zero attached hydrogens (tertiary/aromatic N) is 3. The van der Waals surface area contributed by atoms with Crippen LogP contribution < -0.4 is 5.32 Å². The van der Waals surface area contributed by atoms with Crippen molar-refractivity contribution in [1.82, 2.24) is 14.9 Å². The van der Waals surface area contributed by atoms with E-state index in [9.17, 15) is 4.79 Å². The predicted octanol–water partition coefficient (Wildman–Crippen LogP) is 8.39. The maximum absolute atomic E-state index is 10.7. The highest BCUT2D eigenvalue weighted by Gasteiger charge is 2.12. The summed E-state index contributed by atoms with van der Waals surface area (Å²) >= 11 is 0. The molecular weight excluding hydrogens is 472 g/mol. The van der Waals surface area contributed by atoms with Crippen molar-refractivity contribution in [1.29, 1.82) is 0 Å². The van der Waals surface area contributed by atoms with Crippen LogP contribution in [0.25, 0.3) is 11.1 Å². The van der Waals surface area contributed by atoms with Crippen LogP contribution in [-0.4, -0.2) is 54.5 Å². The van der Waals surface area contributed by atoms with E-state index < -0.39 is 0 Å². The Labute approximate surface area is 236 Å². The molecule has 0 amide bonds. The molecule has 0 unspecified atom stereocenters. The van der Waals surface area contributed by atoms with Gasteiger partial charge in [-0.2, -0.15) is 0 Å². The summed E-state index contributed by atoms with van der Waals surface area (Å²) in [6, 6.07) is 4.32. The molecule has 6 heteroatoms. The van der Waals surface area contributed by atoms with Gasteiger partial charge in [-0.3, -0.25) is 0 Å². The first-order valence-corrected chi connectivity index (χ1v) is 13.8. The molecule has 220 valence electrons. The minimum atomic E-state index is 0.0417. The largest absolute Gasteiger partial charge is 0.379 e. The molecule has 0 spiro atoms. The molecule has 6 nitrogen and oxygen atoms in total. The fourth-order valence-electron chi connectivity index (χ4n) is 2.57. The molecule has 0 aliphatic rings. The van der Waals surface area contributed by atoms with Crippen molar-refractivity contribution in [2.75, 3.05) is 33.1 Å². The van der Waals surface area contributed by atoms with Crippen LogP contribution in [0.1, 0.15) is 92.6 Å². The van der Waals surface area contributed by atoms with Gasteiger partial charge in [0.25, 0.3) is 0 Å². The van der Waals surface area contributed by atoms with Gasteiger partial charge in [-0.1, -0.05) is 54.9 Å². The Kier molecular flexibility index (Phi) is 30.7. The second kappa shape index (κ2) is 27.5. The topological polar surface area (TPSA) is 67.4 Å². The highest BCUT2D eigenvalue weighted by Crippen LogP contribution is 2.30. The third-order valence-corrected chi connectivity index (χ3v) is 4.28. The SMILES string of the molecule is C=C.CC.CC.CCC.CCc1cc(-c2cnc(C)nc2)c(CN(C)C)cc1NCC=O.COC(C)(C)C. The average molecular weight is 533 g/mol. The number of hydrogen-bond donors (Lipinski definition) is 1. The summed E-state index contributed by atoms with van der Waals surface area (Å²) in [6.07, 6.45) is 6.76. The van der Waals surface area contributed by atoms with Crippen molar-refractivity contribution in [3.05, 3.63) is 54.6 Å². The van der Waals surface area contributed by atoms with Crippen LogP contribution in [0.2, 0.25) is 0 Å². The smallest absolute Gasteiger partial charge is 0.139 e. The maximum atomic E-state index is 10.7. The van der Waals surface area contributed by atoms with Gasteiger partial charge >= 0.3 is 0 Å². The van der Waals surface area contributed by atoms with Gasteiger partial charge in [0.2, 0.25) is 0 Å². The Morgan fingerprint density at radius 3 is 1.76 bits per heavy atom. The number of methoxy groups -OCH3 is 1. The summed E-state index contributed by atoms with van der Waals surface area (Å²) < 4.78 is 4.94. The van der Waals surface area contributed by atoms with Gasteiger partial charge in [0, 0.05) is 37.3 Å². The maximum Gasteiger partial charge on any atom is 0.139 e. The normalized spacial score (nSPS) is 9.34. The fraction of sp³-hybridized carbons (Fsp3) is 0.594. The summed E-state index contributed by atoms with van der Waals surface area (Å²) in [4.78, 5) is 21.4. The van der Waals surface area contributed by atoms with Crippen molar-refractivity contribution >= 4 is 12.0 Å². The van der Waals surface area contributed by atoms with E-state index in [-0.39, 0.29) is 5.60 Å². The lowest BCUT2D eigenvalue weighted by Gasteiger charge is -2.19. The van der Waals surface area contributed by atoms with Crippen molar-refractivity contribution < 1.29 is 9.53 Å². The molecule has 38 heavy (non-hydrogen) atoms. The van der Waals surface area contributed by atoms with E-state index in [1.165, 1.54) is 17.5 Å². The lowest BCUT2D eigenvalue weighted by molar-refractivity contribution is -0.106. The Bertz CT molecular complexity index is 798. The third-order valence-electron chi connectivity index (χ3n) is 4.28. The molecule has 1 N–H and O–H groups in total. The number of aldehydes is 1. The van der Waals surface area contributed by atoms with Crippen molar-refractivity contribution in [2.24, 2.45) is 0 Å². The van der Waals surface area contributed by atoms with Crippen LogP contribution in [0.4, 0.5) is 5.69 Å². The number of hydrogen-bond acceptors (Lipinski definition) is 6. The van der Waals surface area contributed by atoms with E-state index in [4.69, 9.17) is 4.74 Å². The molecular formula is C32H60N4O2. The molecule has 0 atom stereocenters. The zero-order valence-corrected chi connectivity index (χ0v) is 27.3. The minimum absolute atomic E-state index is 0.0417. The van der Waals surface area contributed by atoms with Crippen LogP contribution in [-0.2, 0) is 22.5 Å². The molecule has 1 aromatic heterocycles. The van der Waals surface area contributed by atoms with Crippen LogP contribution in [0.15, 0.2) is 37.7 Å². The molecule has 0 saturated carbocycles. The number of aromatic nitrogens is 2. The first-order valence-electron chi connectivity index (χ1n) is 13.8. The summed E-state index contributed by atoms with van der Waals surface area (Å²) in [7, 11) is 5.79. The molecule has 0 aliphatic heterocycles. The molecule has 1 heterocycles. The van der Waals surface area contributed by atoms with Gasteiger partial charge in [-0.15, -0.1) is 13.2 Å². The van der Waals surface area contributed by atoms with E-state index >= 15 is 0 Å².